The van der Waals surface area contributed by atoms with Crippen molar-refractivity contribution in [3.8, 4) is 0 Å². The number of fused-ring (bicyclic) bond motifs is 1. The summed E-state index contributed by atoms with van der Waals surface area (Å²) in [6.07, 6.45) is 4.66. The molecule has 0 radical (unpaired) electrons. The van der Waals surface area contributed by atoms with E-state index < -0.39 is 0 Å². The van der Waals surface area contributed by atoms with E-state index in [1.807, 2.05) is 24.4 Å². The van der Waals surface area contributed by atoms with Gasteiger partial charge in [0, 0.05) is 37.9 Å². The van der Waals surface area contributed by atoms with Crippen LogP contribution in [0.3, 0.4) is 0 Å². The quantitative estimate of drug-likeness (QED) is 0.510. The predicted octanol–water partition coefficient (Wildman–Crippen LogP) is 0.858. The summed E-state index contributed by atoms with van der Waals surface area (Å²) < 4.78 is 3.64. The van der Waals surface area contributed by atoms with Crippen LogP contribution in [-0.2, 0) is 18.4 Å². The van der Waals surface area contributed by atoms with Gasteiger partial charge in [0.25, 0.3) is 0 Å². The van der Waals surface area contributed by atoms with Crippen LogP contribution in [0.1, 0.15) is 6.42 Å². The number of nitrogens with zero attached hydrogens (tertiary/aromatic N) is 6. The second kappa shape index (κ2) is 7.23. The van der Waals surface area contributed by atoms with E-state index in [4.69, 9.17) is 0 Å². The first-order valence-corrected chi connectivity index (χ1v) is 8.24. The largest absolute Gasteiger partial charge is 0.355 e. The van der Waals surface area contributed by atoms with Crippen molar-refractivity contribution >= 4 is 28.7 Å². The highest BCUT2D eigenvalue weighted by molar-refractivity contribution is 7.99. The van der Waals surface area contributed by atoms with E-state index >= 15 is 0 Å². The summed E-state index contributed by atoms with van der Waals surface area (Å²) in [6, 6.07) is 6.02. The summed E-state index contributed by atoms with van der Waals surface area (Å²) in [7, 11) is 1.75. The minimum atomic E-state index is -0.0199. The van der Waals surface area contributed by atoms with E-state index in [1.165, 1.54) is 11.8 Å². The maximum absolute atomic E-state index is 11.8. The van der Waals surface area contributed by atoms with Gasteiger partial charge in [0.1, 0.15) is 5.65 Å². The van der Waals surface area contributed by atoms with Crippen LogP contribution < -0.4 is 5.32 Å². The van der Waals surface area contributed by atoms with Gasteiger partial charge in [-0.1, -0.05) is 11.8 Å². The topological polar surface area (TPSA) is 90.5 Å². The third kappa shape index (κ3) is 3.86. The number of amides is 1. The van der Waals surface area contributed by atoms with Gasteiger partial charge in [-0.25, -0.2) is 9.67 Å². The lowest BCUT2D eigenvalue weighted by Crippen LogP contribution is -2.27. The molecular weight excluding hydrogens is 314 g/mol. The number of carbonyl (C=O) groups excluding carboxylic acids is 1. The minimum Gasteiger partial charge on any atom is -0.355 e. The lowest BCUT2D eigenvalue weighted by atomic mass is 10.3. The average molecular weight is 331 g/mol. The Morgan fingerprint density at radius 2 is 2.30 bits per heavy atom. The van der Waals surface area contributed by atoms with Gasteiger partial charge in [-0.2, -0.15) is 0 Å². The van der Waals surface area contributed by atoms with E-state index in [0.717, 1.165) is 24.0 Å². The highest BCUT2D eigenvalue weighted by Gasteiger charge is 2.07. The van der Waals surface area contributed by atoms with Crippen molar-refractivity contribution in [1.29, 1.82) is 0 Å². The predicted molar refractivity (Wildman–Crippen MR) is 86.9 cm³/mol. The fraction of sp³-hybridized carbons (Fsp3) is 0.357. The molecule has 0 aliphatic heterocycles. The molecule has 0 aromatic carbocycles. The SMILES string of the molecule is Cn1nnnc1SCC(=O)NCCCn1ccc2cccnc21. The van der Waals surface area contributed by atoms with Gasteiger partial charge in [-0.15, -0.1) is 5.10 Å². The number of carbonyl (C=O) groups is 1. The Hall–Kier alpha value is -2.42. The van der Waals surface area contributed by atoms with Crippen molar-refractivity contribution in [2.75, 3.05) is 12.3 Å². The molecule has 0 bridgehead atoms. The zero-order chi connectivity index (χ0) is 16.1. The molecule has 3 aromatic rings. The molecule has 0 saturated heterocycles. The van der Waals surface area contributed by atoms with Gasteiger partial charge in [0.15, 0.2) is 0 Å². The number of aryl methyl sites for hydroxylation is 2. The third-order valence-corrected chi connectivity index (χ3v) is 4.35. The number of aromatic nitrogens is 6. The van der Waals surface area contributed by atoms with Gasteiger partial charge in [0.05, 0.1) is 5.75 Å². The average Bonchev–Trinajstić information content (AvgIpc) is 3.16. The maximum atomic E-state index is 11.8. The first-order chi connectivity index (χ1) is 11.2. The smallest absolute Gasteiger partial charge is 0.230 e. The monoisotopic (exact) mass is 331 g/mol. The Labute approximate surface area is 137 Å². The zero-order valence-corrected chi connectivity index (χ0v) is 13.5. The summed E-state index contributed by atoms with van der Waals surface area (Å²) in [5.41, 5.74) is 0.976. The third-order valence-electron chi connectivity index (χ3n) is 3.33. The number of rotatable bonds is 7. The van der Waals surface area contributed by atoms with Crippen LogP contribution in [0.4, 0.5) is 0 Å². The normalized spacial score (nSPS) is 11.0. The van der Waals surface area contributed by atoms with Crippen molar-refractivity contribution in [2.24, 2.45) is 7.05 Å². The molecule has 0 aliphatic carbocycles. The standard InChI is InChI=1S/C14H17N7OS/c1-20-14(17-18-19-20)23-10-12(22)15-7-3-8-21-9-5-11-4-2-6-16-13(11)21/h2,4-6,9H,3,7-8,10H2,1H3,(H,15,22). The second-order valence-corrected chi connectivity index (χ2v) is 5.95. The van der Waals surface area contributed by atoms with Crippen molar-refractivity contribution in [3.63, 3.8) is 0 Å². The van der Waals surface area contributed by atoms with Gasteiger partial charge >= 0.3 is 0 Å². The van der Waals surface area contributed by atoms with Gasteiger partial charge < -0.3 is 9.88 Å². The van der Waals surface area contributed by atoms with Crippen LogP contribution >= 0.6 is 11.8 Å². The summed E-state index contributed by atoms with van der Waals surface area (Å²) in [5.74, 6) is 0.288. The van der Waals surface area contributed by atoms with Crippen LogP contribution in [0.2, 0.25) is 0 Å². The molecule has 1 amide bonds. The van der Waals surface area contributed by atoms with Crippen LogP contribution in [0.5, 0.6) is 0 Å². The molecule has 120 valence electrons. The van der Waals surface area contributed by atoms with Gasteiger partial charge in [0.2, 0.25) is 11.1 Å². The number of hydrogen-bond donors (Lipinski definition) is 1. The molecule has 0 aliphatic rings. The minimum absolute atomic E-state index is 0.0199. The molecule has 0 spiro atoms. The molecule has 9 heteroatoms. The molecule has 3 heterocycles. The highest BCUT2D eigenvalue weighted by atomic mass is 32.2. The van der Waals surface area contributed by atoms with E-state index in [2.05, 4.69) is 30.4 Å². The van der Waals surface area contributed by atoms with Crippen molar-refractivity contribution in [3.05, 3.63) is 30.6 Å². The number of tetrazole rings is 1. The van der Waals surface area contributed by atoms with E-state index in [-0.39, 0.29) is 5.91 Å². The first kappa shape index (κ1) is 15.5. The zero-order valence-electron chi connectivity index (χ0n) is 12.7. The molecule has 0 atom stereocenters. The second-order valence-electron chi connectivity index (χ2n) is 5.00. The first-order valence-electron chi connectivity index (χ1n) is 7.26. The molecule has 0 saturated carbocycles. The molecule has 8 nitrogen and oxygen atoms in total. The Morgan fingerprint density at radius 1 is 1.39 bits per heavy atom. The number of nitrogens with one attached hydrogen (secondary N) is 1. The van der Waals surface area contributed by atoms with Crippen molar-refractivity contribution in [1.82, 2.24) is 35.1 Å². The Kier molecular flexibility index (Phi) is 4.86. The number of pyridine rings is 1. The molecule has 3 rings (SSSR count). The Balaban J connectivity index is 1.39. The Morgan fingerprint density at radius 3 is 3.13 bits per heavy atom. The van der Waals surface area contributed by atoms with E-state index in [0.29, 0.717) is 17.5 Å². The Bertz CT molecular complexity index is 797. The van der Waals surface area contributed by atoms with Crippen molar-refractivity contribution < 1.29 is 4.79 Å². The molecule has 3 aromatic heterocycles. The van der Waals surface area contributed by atoms with Crippen LogP contribution in [0.15, 0.2) is 35.7 Å². The fourth-order valence-electron chi connectivity index (χ4n) is 2.20. The van der Waals surface area contributed by atoms with Crippen molar-refractivity contribution in [2.45, 2.75) is 18.1 Å². The van der Waals surface area contributed by atoms with E-state index in [1.54, 1.807) is 17.9 Å². The summed E-state index contributed by atoms with van der Waals surface area (Å²) in [4.78, 5) is 16.2. The van der Waals surface area contributed by atoms with E-state index in [9.17, 15) is 4.79 Å². The summed E-state index contributed by atoms with van der Waals surface area (Å²) >= 11 is 1.32. The highest BCUT2D eigenvalue weighted by Crippen LogP contribution is 2.13. The van der Waals surface area contributed by atoms with Gasteiger partial charge in [-0.3, -0.25) is 4.79 Å². The number of thioether (sulfide) groups is 1. The van der Waals surface area contributed by atoms with Crippen LogP contribution in [0, 0.1) is 0 Å². The van der Waals surface area contributed by atoms with Crippen LogP contribution in [0.25, 0.3) is 11.0 Å². The van der Waals surface area contributed by atoms with Crippen LogP contribution in [-0.4, -0.2) is 48.0 Å². The molecule has 1 N–H and O–H groups in total. The number of hydrogen-bond acceptors (Lipinski definition) is 6. The molecule has 23 heavy (non-hydrogen) atoms. The molecular formula is C14H17N7OS. The van der Waals surface area contributed by atoms with Gasteiger partial charge in [-0.05, 0) is 35.0 Å². The fourth-order valence-corrected chi connectivity index (χ4v) is 2.88. The maximum Gasteiger partial charge on any atom is 0.230 e. The summed E-state index contributed by atoms with van der Waals surface area (Å²) in [6.45, 7) is 1.45. The lowest BCUT2D eigenvalue weighted by Gasteiger charge is -2.06. The molecule has 0 unspecified atom stereocenters. The molecule has 0 fully saturated rings. The summed E-state index contributed by atoms with van der Waals surface area (Å²) in [5, 5.41) is 15.7. The lowest BCUT2D eigenvalue weighted by molar-refractivity contribution is -0.118.